The maximum Gasteiger partial charge on any atom is 0.334 e. The van der Waals surface area contributed by atoms with Crippen LogP contribution in [-0.2, 0) is 20.9 Å². The van der Waals surface area contributed by atoms with E-state index in [-0.39, 0.29) is 19.1 Å². The van der Waals surface area contributed by atoms with Gasteiger partial charge < -0.3 is 14.7 Å². The molecule has 1 amide bonds. The predicted octanol–water partition coefficient (Wildman–Crippen LogP) is 0.499. The summed E-state index contributed by atoms with van der Waals surface area (Å²) in [5, 5.41) is 8.85. The van der Waals surface area contributed by atoms with E-state index < -0.39 is 12.1 Å². The first-order chi connectivity index (χ1) is 8.16. The molecule has 1 aromatic rings. The average Bonchev–Trinajstić information content (AvgIpc) is 2.33. The summed E-state index contributed by atoms with van der Waals surface area (Å²) in [5.41, 5.74) is 0.979. The van der Waals surface area contributed by atoms with Gasteiger partial charge in [0.05, 0.1) is 6.54 Å². The van der Waals surface area contributed by atoms with Crippen LogP contribution in [0.2, 0.25) is 0 Å². The number of morpholine rings is 1. The minimum absolute atomic E-state index is 0.100. The minimum atomic E-state index is -1.03. The number of carbonyl (C=O) groups excluding carboxylic acids is 1. The standard InChI is InChI=1S/C12H13NO4/c14-11-8-17-10(12(15)16)7-13(11)6-9-4-2-1-3-5-9/h1-5,10H,6-8H2,(H,15,16). The first-order valence-corrected chi connectivity index (χ1v) is 5.33. The van der Waals surface area contributed by atoms with Gasteiger partial charge in [-0.3, -0.25) is 4.79 Å². The Balaban J connectivity index is 2.04. The third-order valence-corrected chi connectivity index (χ3v) is 2.64. The summed E-state index contributed by atoms with van der Waals surface area (Å²) in [6, 6.07) is 9.46. The van der Waals surface area contributed by atoms with Gasteiger partial charge in [-0.2, -0.15) is 0 Å². The maximum atomic E-state index is 11.6. The molecule has 0 aliphatic carbocycles. The van der Waals surface area contributed by atoms with E-state index in [9.17, 15) is 9.59 Å². The number of amides is 1. The van der Waals surface area contributed by atoms with Crippen LogP contribution in [0.4, 0.5) is 0 Å². The minimum Gasteiger partial charge on any atom is -0.479 e. The van der Waals surface area contributed by atoms with Gasteiger partial charge >= 0.3 is 5.97 Å². The number of hydrogen-bond acceptors (Lipinski definition) is 3. The smallest absolute Gasteiger partial charge is 0.334 e. The number of rotatable bonds is 3. The molecule has 1 aromatic carbocycles. The molecule has 2 rings (SSSR count). The molecule has 1 fully saturated rings. The van der Waals surface area contributed by atoms with Gasteiger partial charge in [-0.1, -0.05) is 30.3 Å². The van der Waals surface area contributed by atoms with E-state index in [0.29, 0.717) is 6.54 Å². The Morgan fingerprint density at radius 3 is 2.76 bits per heavy atom. The molecule has 0 saturated carbocycles. The second-order valence-electron chi connectivity index (χ2n) is 3.90. The van der Waals surface area contributed by atoms with E-state index in [1.54, 1.807) is 0 Å². The fraction of sp³-hybridized carbons (Fsp3) is 0.333. The molecule has 1 aliphatic rings. The fourth-order valence-electron chi connectivity index (χ4n) is 1.72. The molecule has 0 bridgehead atoms. The molecule has 1 saturated heterocycles. The Kier molecular flexibility index (Phi) is 3.39. The Morgan fingerprint density at radius 1 is 1.41 bits per heavy atom. The summed E-state index contributed by atoms with van der Waals surface area (Å²) in [5.74, 6) is -1.21. The highest BCUT2D eigenvalue weighted by atomic mass is 16.5. The van der Waals surface area contributed by atoms with Crippen LogP contribution in [0.25, 0.3) is 0 Å². The van der Waals surface area contributed by atoms with E-state index >= 15 is 0 Å². The second kappa shape index (κ2) is 4.97. The Labute approximate surface area is 98.6 Å². The van der Waals surface area contributed by atoms with Gasteiger partial charge in [0.1, 0.15) is 6.61 Å². The van der Waals surface area contributed by atoms with Crippen molar-refractivity contribution in [2.24, 2.45) is 0 Å². The van der Waals surface area contributed by atoms with E-state index in [1.807, 2.05) is 30.3 Å². The lowest BCUT2D eigenvalue weighted by Gasteiger charge is -2.30. The van der Waals surface area contributed by atoms with E-state index in [0.717, 1.165) is 5.56 Å². The molecule has 5 heteroatoms. The molecule has 5 nitrogen and oxygen atoms in total. The molecule has 90 valence electrons. The van der Waals surface area contributed by atoms with Crippen LogP contribution in [0.3, 0.4) is 0 Å². The Morgan fingerprint density at radius 2 is 2.12 bits per heavy atom. The van der Waals surface area contributed by atoms with Crippen LogP contribution < -0.4 is 0 Å². The highest BCUT2D eigenvalue weighted by Crippen LogP contribution is 2.11. The lowest BCUT2D eigenvalue weighted by molar-refractivity contribution is -0.165. The normalized spacial score (nSPS) is 20.4. The summed E-state index contributed by atoms with van der Waals surface area (Å²) in [6.45, 7) is 0.361. The molecule has 1 heterocycles. The van der Waals surface area contributed by atoms with Gasteiger partial charge in [0.25, 0.3) is 0 Å². The average molecular weight is 235 g/mol. The number of ether oxygens (including phenoxy) is 1. The van der Waals surface area contributed by atoms with E-state index in [2.05, 4.69) is 0 Å². The summed E-state index contributed by atoms with van der Waals surface area (Å²) in [6.07, 6.45) is -0.920. The maximum absolute atomic E-state index is 11.6. The molecule has 0 aromatic heterocycles. The lowest BCUT2D eigenvalue weighted by Crippen LogP contribution is -2.49. The van der Waals surface area contributed by atoms with Crippen LogP contribution in [0.5, 0.6) is 0 Å². The van der Waals surface area contributed by atoms with Gasteiger partial charge in [-0.25, -0.2) is 4.79 Å². The molecular formula is C12H13NO4. The third kappa shape index (κ3) is 2.82. The fourth-order valence-corrected chi connectivity index (χ4v) is 1.72. The first kappa shape index (κ1) is 11.6. The quantitative estimate of drug-likeness (QED) is 0.828. The molecule has 1 aliphatic heterocycles. The third-order valence-electron chi connectivity index (χ3n) is 2.64. The van der Waals surface area contributed by atoms with E-state index in [4.69, 9.17) is 9.84 Å². The molecule has 1 atom stereocenters. The summed E-state index contributed by atoms with van der Waals surface area (Å²) in [7, 11) is 0. The van der Waals surface area contributed by atoms with Gasteiger partial charge in [0.2, 0.25) is 5.91 Å². The van der Waals surface area contributed by atoms with Crippen molar-refractivity contribution in [2.45, 2.75) is 12.6 Å². The molecule has 17 heavy (non-hydrogen) atoms. The topological polar surface area (TPSA) is 66.8 Å². The van der Waals surface area contributed by atoms with Crippen molar-refractivity contribution in [1.82, 2.24) is 4.90 Å². The van der Waals surface area contributed by atoms with Crippen molar-refractivity contribution in [3.63, 3.8) is 0 Å². The Hall–Kier alpha value is -1.88. The monoisotopic (exact) mass is 235 g/mol. The van der Waals surface area contributed by atoms with Crippen LogP contribution in [0, 0.1) is 0 Å². The zero-order valence-electron chi connectivity index (χ0n) is 9.20. The number of carboxylic acids is 1. The molecular weight excluding hydrogens is 222 g/mol. The number of benzene rings is 1. The highest BCUT2D eigenvalue weighted by molar-refractivity contribution is 5.81. The van der Waals surface area contributed by atoms with Crippen molar-refractivity contribution in [3.8, 4) is 0 Å². The van der Waals surface area contributed by atoms with E-state index in [1.165, 1.54) is 4.90 Å². The van der Waals surface area contributed by atoms with Crippen molar-refractivity contribution in [2.75, 3.05) is 13.2 Å². The summed E-state index contributed by atoms with van der Waals surface area (Å²) >= 11 is 0. The van der Waals surface area contributed by atoms with Gasteiger partial charge in [0.15, 0.2) is 6.10 Å². The Bertz CT molecular complexity index is 418. The number of hydrogen-bond donors (Lipinski definition) is 1. The summed E-state index contributed by atoms with van der Waals surface area (Å²) in [4.78, 5) is 23.9. The van der Waals surface area contributed by atoms with Crippen molar-refractivity contribution < 1.29 is 19.4 Å². The van der Waals surface area contributed by atoms with Crippen molar-refractivity contribution >= 4 is 11.9 Å². The van der Waals surface area contributed by atoms with Gasteiger partial charge in [0, 0.05) is 6.54 Å². The van der Waals surface area contributed by atoms with Gasteiger partial charge in [-0.15, -0.1) is 0 Å². The SMILES string of the molecule is O=C(O)C1CN(Cc2ccccc2)C(=O)CO1. The highest BCUT2D eigenvalue weighted by Gasteiger charge is 2.30. The van der Waals surface area contributed by atoms with Crippen LogP contribution >= 0.6 is 0 Å². The molecule has 0 radical (unpaired) electrons. The number of carbonyl (C=O) groups is 2. The van der Waals surface area contributed by atoms with Crippen molar-refractivity contribution in [1.29, 1.82) is 0 Å². The predicted molar refractivity (Wildman–Crippen MR) is 59.2 cm³/mol. The van der Waals surface area contributed by atoms with Crippen molar-refractivity contribution in [3.05, 3.63) is 35.9 Å². The molecule has 0 spiro atoms. The largest absolute Gasteiger partial charge is 0.479 e. The summed E-state index contributed by atoms with van der Waals surface area (Å²) < 4.78 is 4.93. The number of nitrogens with zero attached hydrogens (tertiary/aromatic N) is 1. The zero-order chi connectivity index (χ0) is 12.3. The van der Waals surface area contributed by atoms with Crippen LogP contribution in [0.1, 0.15) is 5.56 Å². The molecule has 1 N–H and O–H groups in total. The van der Waals surface area contributed by atoms with Crippen LogP contribution in [0.15, 0.2) is 30.3 Å². The number of carboxylic acid groups (broad SMARTS) is 1. The van der Waals surface area contributed by atoms with Gasteiger partial charge in [-0.05, 0) is 5.56 Å². The number of aliphatic carboxylic acids is 1. The first-order valence-electron chi connectivity index (χ1n) is 5.33. The molecule has 1 unspecified atom stereocenters. The zero-order valence-corrected chi connectivity index (χ0v) is 9.20. The van der Waals surface area contributed by atoms with Crippen LogP contribution in [-0.4, -0.2) is 41.1 Å². The second-order valence-corrected chi connectivity index (χ2v) is 3.90. The lowest BCUT2D eigenvalue weighted by atomic mass is 10.2.